The van der Waals surface area contributed by atoms with E-state index in [1.807, 2.05) is 4.83 Å². The van der Waals surface area contributed by atoms with Crippen LogP contribution < -0.4 is 10.3 Å². The summed E-state index contributed by atoms with van der Waals surface area (Å²) >= 11 is 6.75. The first-order valence-corrected chi connectivity index (χ1v) is 7.84. The van der Waals surface area contributed by atoms with Crippen molar-refractivity contribution in [2.24, 2.45) is 0 Å². The molecule has 0 spiro atoms. The topological polar surface area (TPSA) is 75.3 Å². The summed E-state index contributed by atoms with van der Waals surface area (Å²) in [7, 11) is -3.72. The summed E-state index contributed by atoms with van der Waals surface area (Å²) in [6, 6.07) is 9.14. The molecule has 1 aromatic carbocycles. The van der Waals surface area contributed by atoms with Gasteiger partial charge in [-0.1, -0.05) is 17.7 Å². The van der Waals surface area contributed by atoms with Crippen LogP contribution in [0, 0.1) is 0 Å². The Morgan fingerprint density at radius 1 is 1.16 bits per heavy atom. The fourth-order valence-corrected chi connectivity index (χ4v) is 3.21. The SMILES string of the molecule is O=C(NNS(=O)(=O)c1cccs1)c1ccc(Cl)cc1. The molecule has 2 rings (SSSR count). The van der Waals surface area contributed by atoms with Gasteiger partial charge in [-0.3, -0.25) is 10.2 Å². The molecule has 2 N–H and O–H groups in total. The van der Waals surface area contributed by atoms with Crippen LogP contribution >= 0.6 is 22.9 Å². The van der Waals surface area contributed by atoms with Crippen molar-refractivity contribution in [3.05, 3.63) is 52.4 Å². The van der Waals surface area contributed by atoms with Gasteiger partial charge < -0.3 is 0 Å². The quantitative estimate of drug-likeness (QED) is 0.847. The van der Waals surface area contributed by atoms with Crippen LogP contribution in [0.1, 0.15) is 10.4 Å². The van der Waals surface area contributed by atoms with Gasteiger partial charge in [0.25, 0.3) is 15.9 Å². The number of carbonyl (C=O) groups is 1. The summed E-state index contributed by atoms with van der Waals surface area (Å²) in [6.45, 7) is 0. The second-order valence-electron chi connectivity index (χ2n) is 3.50. The van der Waals surface area contributed by atoms with Gasteiger partial charge in [0.15, 0.2) is 0 Å². The van der Waals surface area contributed by atoms with Crippen molar-refractivity contribution in [3.8, 4) is 0 Å². The van der Waals surface area contributed by atoms with Crippen LogP contribution in [0.3, 0.4) is 0 Å². The smallest absolute Gasteiger partial charge is 0.266 e. The molecule has 1 aromatic heterocycles. The van der Waals surface area contributed by atoms with Gasteiger partial charge in [0.05, 0.1) is 0 Å². The van der Waals surface area contributed by atoms with E-state index in [-0.39, 0.29) is 4.21 Å². The lowest BCUT2D eigenvalue weighted by atomic mass is 10.2. The van der Waals surface area contributed by atoms with Gasteiger partial charge in [0, 0.05) is 10.6 Å². The molecule has 0 unspecified atom stereocenters. The Hall–Kier alpha value is -1.41. The van der Waals surface area contributed by atoms with Crippen molar-refractivity contribution < 1.29 is 13.2 Å². The maximum absolute atomic E-state index is 11.7. The average molecular weight is 317 g/mol. The molecule has 0 atom stereocenters. The average Bonchev–Trinajstić information content (AvgIpc) is 2.91. The van der Waals surface area contributed by atoms with Crippen molar-refractivity contribution in [1.82, 2.24) is 10.3 Å². The molecule has 1 heterocycles. The second kappa shape index (κ2) is 5.70. The molecule has 5 nitrogen and oxygen atoms in total. The molecule has 0 aliphatic heterocycles. The molecule has 2 aromatic rings. The number of hydrogen-bond acceptors (Lipinski definition) is 4. The third-order valence-electron chi connectivity index (χ3n) is 2.17. The summed E-state index contributed by atoms with van der Waals surface area (Å²) in [5.41, 5.74) is 2.44. The minimum atomic E-state index is -3.72. The van der Waals surface area contributed by atoms with Crippen LogP contribution in [0.4, 0.5) is 0 Å². The summed E-state index contributed by atoms with van der Waals surface area (Å²) in [4.78, 5) is 13.7. The standard InChI is InChI=1S/C11H9ClN2O3S2/c12-9-5-3-8(4-6-9)11(15)13-14-19(16,17)10-2-1-7-18-10/h1-7,14H,(H,13,15). The van der Waals surface area contributed by atoms with Gasteiger partial charge in [0.1, 0.15) is 4.21 Å². The van der Waals surface area contributed by atoms with Gasteiger partial charge in [0.2, 0.25) is 0 Å². The lowest BCUT2D eigenvalue weighted by Crippen LogP contribution is -2.41. The number of benzene rings is 1. The largest absolute Gasteiger partial charge is 0.273 e. The summed E-state index contributed by atoms with van der Waals surface area (Å²) < 4.78 is 23.6. The van der Waals surface area contributed by atoms with Crippen LogP contribution in [0.2, 0.25) is 5.02 Å². The third kappa shape index (κ3) is 3.54. The number of amides is 1. The Morgan fingerprint density at radius 2 is 1.84 bits per heavy atom. The van der Waals surface area contributed by atoms with Crippen LogP contribution in [0.5, 0.6) is 0 Å². The van der Waals surface area contributed by atoms with Crippen LogP contribution in [-0.2, 0) is 10.0 Å². The molecule has 0 saturated heterocycles. The van der Waals surface area contributed by atoms with E-state index in [1.165, 1.54) is 18.2 Å². The molecule has 1 amide bonds. The van der Waals surface area contributed by atoms with Crippen molar-refractivity contribution >= 4 is 38.9 Å². The van der Waals surface area contributed by atoms with Gasteiger partial charge in [-0.25, -0.2) is 8.42 Å². The Labute approximate surface area is 119 Å². The van der Waals surface area contributed by atoms with Crippen LogP contribution in [0.15, 0.2) is 46.0 Å². The van der Waals surface area contributed by atoms with Crippen molar-refractivity contribution in [2.75, 3.05) is 0 Å². The Kier molecular flexibility index (Phi) is 4.20. The monoisotopic (exact) mass is 316 g/mol. The summed E-state index contributed by atoms with van der Waals surface area (Å²) in [6.07, 6.45) is 0. The highest BCUT2D eigenvalue weighted by atomic mass is 35.5. The Bertz CT molecular complexity index is 666. The first-order valence-electron chi connectivity index (χ1n) is 5.10. The van der Waals surface area contributed by atoms with Crippen molar-refractivity contribution in [2.45, 2.75) is 4.21 Å². The Balaban J connectivity index is 2.03. The van der Waals surface area contributed by atoms with E-state index in [0.717, 1.165) is 11.3 Å². The first kappa shape index (κ1) is 14.0. The minimum absolute atomic E-state index is 0.129. The number of rotatable bonds is 4. The number of sulfonamides is 1. The molecular weight excluding hydrogens is 308 g/mol. The molecular formula is C11H9ClN2O3S2. The molecule has 0 bridgehead atoms. The highest BCUT2D eigenvalue weighted by Crippen LogP contribution is 2.14. The third-order valence-corrected chi connectivity index (χ3v) is 5.06. The number of hydrazine groups is 1. The van der Waals surface area contributed by atoms with Gasteiger partial charge in [-0.05, 0) is 35.7 Å². The zero-order chi connectivity index (χ0) is 13.9. The fourth-order valence-electron chi connectivity index (χ4n) is 1.25. The Morgan fingerprint density at radius 3 is 2.42 bits per heavy atom. The summed E-state index contributed by atoms with van der Waals surface area (Å²) in [5.74, 6) is -0.559. The maximum Gasteiger partial charge on any atom is 0.266 e. The highest BCUT2D eigenvalue weighted by Gasteiger charge is 2.16. The lowest BCUT2D eigenvalue weighted by Gasteiger charge is -2.06. The van der Waals surface area contributed by atoms with Gasteiger partial charge in [-0.15, -0.1) is 16.2 Å². The van der Waals surface area contributed by atoms with Gasteiger partial charge >= 0.3 is 0 Å². The van der Waals surface area contributed by atoms with E-state index in [1.54, 1.807) is 23.6 Å². The number of halogens is 1. The molecule has 0 fully saturated rings. The van der Waals surface area contributed by atoms with Gasteiger partial charge in [-0.2, -0.15) is 0 Å². The molecule has 8 heteroatoms. The molecule has 0 aliphatic carbocycles. The van der Waals surface area contributed by atoms with Crippen molar-refractivity contribution in [1.29, 1.82) is 0 Å². The lowest BCUT2D eigenvalue weighted by molar-refractivity contribution is 0.0945. The van der Waals surface area contributed by atoms with Crippen LogP contribution in [-0.4, -0.2) is 14.3 Å². The summed E-state index contributed by atoms with van der Waals surface area (Å²) in [5, 5.41) is 2.13. The van der Waals surface area contributed by atoms with Crippen molar-refractivity contribution in [3.63, 3.8) is 0 Å². The zero-order valence-electron chi connectivity index (χ0n) is 9.46. The van der Waals surface area contributed by atoms with E-state index in [2.05, 4.69) is 5.43 Å². The van der Waals surface area contributed by atoms with E-state index in [0.29, 0.717) is 10.6 Å². The minimum Gasteiger partial charge on any atom is -0.273 e. The maximum atomic E-state index is 11.7. The molecule has 100 valence electrons. The number of thiophene rings is 1. The van der Waals surface area contributed by atoms with E-state index in [4.69, 9.17) is 11.6 Å². The van der Waals surface area contributed by atoms with Crippen LogP contribution in [0.25, 0.3) is 0 Å². The molecule has 19 heavy (non-hydrogen) atoms. The molecule has 0 saturated carbocycles. The predicted octanol–water partition coefficient (Wildman–Crippen LogP) is 2.02. The predicted molar refractivity (Wildman–Crippen MR) is 73.6 cm³/mol. The number of hydrogen-bond donors (Lipinski definition) is 2. The highest BCUT2D eigenvalue weighted by molar-refractivity contribution is 7.91. The van der Waals surface area contributed by atoms with E-state index >= 15 is 0 Å². The molecule has 0 radical (unpaired) electrons. The normalized spacial score (nSPS) is 11.2. The molecule has 0 aliphatic rings. The fraction of sp³-hybridized carbons (Fsp3) is 0. The zero-order valence-corrected chi connectivity index (χ0v) is 11.8. The first-order chi connectivity index (χ1) is 8.99. The number of carbonyl (C=O) groups excluding carboxylic acids is 1. The second-order valence-corrected chi connectivity index (χ2v) is 6.79. The van der Waals surface area contributed by atoms with E-state index < -0.39 is 15.9 Å². The number of nitrogens with one attached hydrogen (secondary N) is 2. The van der Waals surface area contributed by atoms with E-state index in [9.17, 15) is 13.2 Å².